The predicted octanol–water partition coefficient (Wildman–Crippen LogP) is 3.66. The maximum atomic E-state index is 13.3. The fourth-order valence-corrected chi connectivity index (χ4v) is 7.09. The van der Waals surface area contributed by atoms with Crippen molar-refractivity contribution in [2.24, 2.45) is 0 Å². The lowest BCUT2D eigenvalue weighted by atomic mass is 10.0. The minimum Gasteiger partial charge on any atom is -0.350 e. The third-order valence-electron chi connectivity index (χ3n) is 6.61. The molecule has 0 aliphatic carbocycles. The normalized spacial score (nSPS) is 13.8. The van der Waals surface area contributed by atoms with Gasteiger partial charge in [0.25, 0.3) is 15.9 Å². The van der Waals surface area contributed by atoms with Crippen molar-refractivity contribution in [3.05, 3.63) is 47.0 Å². The van der Waals surface area contributed by atoms with Gasteiger partial charge in [-0.3, -0.25) is 9.59 Å². The minimum atomic E-state index is -3.80. The number of benzene rings is 1. The van der Waals surface area contributed by atoms with Gasteiger partial charge in [-0.25, -0.2) is 8.42 Å². The Bertz CT molecular complexity index is 1330. The molecular formula is C26H35N5O4S2. The number of rotatable bonds is 13. The van der Waals surface area contributed by atoms with Crippen molar-refractivity contribution in [2.75, 3.05) is 45.1 Å². The number of unbranched alkanes of at least 4 members (excludes halogenated alkanes) is 3. The van der Waals surface area contributed by atoms with E-state index in [1.54, 1.807) is 23.6 Å². The summed E-state index contributed by atoms with van der Waals surface area (Å²) in [5.41, 5.74) is 2.87. The summed E-state index contributed by atoms with van der Waals surface area (Å²) < 4.78 is 28.1. The van der Waals surface area contributed by atoms with Crippen LogP contribution in [0, 0.1) is 0 Å². The van der Waals surface area contributed by atoms with Crippen LogP contribution in [0.3, 0.4) is 0 Å². The summed E-state index contributed by atoms with van der Waals surface area (Å²) in [4.78, 5) is 30.5. The van der Waals surface area contributed by atoms with Crippen molar-refractivity contribution in [3.63, 3.8) is 0 Å². The first-order valence-electron chi connectivity index (χ1n) is 12.7. The van der Waals surface area contributed by atoms with Crippen molar-refractivity contribution in [2.45, 2.75) is 43.2 Å². The molecular weight excluding hydrogens is 510 g/mol. The van der Waals surface area contributed by atoms with Crippen molar-refractivity contribution < 1.29 is 18.0 Å². The highest BCUT2D eigenvalue weighted by molar-refractivity contribution is 7.91. The van der Waals surface area contributed by atoms with Crippen LogP contribution in [0.5, 0.6) is 0 Å². The van der Waals surface area contributed by atoms with Gasteiger partial charge in [0, 0.05) is 36.2 Å². The van der Waals surface area contributed by atoms with Crippen LogP contribution in [0.1, 0.15) is 48.7 Å². The lowest BCUT2D eigenvalue weighted by molar-refractivity contribution is -0.116. The Hall–Kier alpha value is -2.73. The number of H-pyrrole nitrogens is 1. The van der Waals surface area contributed by atoms with E-state index >= 15 is 0 Å². The molecule has 2 amide bonds. The van der Waals surface area contributed by atoms with E-state index in [1.807, 2.05) is 19.2 Å². The average Bonchev–Trinajstić information content (AvgIpc) is 3.54. The number of hydrogen-bond donors (Lipinski definition) is 3. The van der Waals surface area contributed by atoms with Crippen LogP contribution in [0.4, 0.5) is 5.69 Å². The Labute approximate surface area is 222 Å². The highest BCUT2D eigenvalue weighted by Gasteiger charge is 2.28. The number of nitrogens with one attached hydrogen (secondary N) is 3. The molecule has 1 aliphatic heterocycles. The van der Waals surface area contributed by atoms with E-state index in [0.717, 1.165) is 47.2 Å². The van der Waals surface area contributed by atoms with Crippen LogP contribution in [0.2, 0.25) is 0 Å². The summed E-state index contributed by atoms with van der Waals surface area (Å²) in [6, 6.07) is 8.68. The third-order valence-corrected chi connectivity index (χ3v) is 9.83. The number of carbonyl (C=O) groups is 2. The van der Waals surface area contributed by atoms with E-state index in [1.165, 1.54) is 17.1 Å². The molecule has 1 aromatic carbocycles. The number of sulfonamides is 1. The van der Waals surface area contributed by atoms with E-state index in [9.17, 15) is 18.0 Å². The van der Waals surface area contributed by atoms with Crippen LogP contribution in [-0.2, 0) is 21.2 Å². The maximum Gasteiger partial charge on any atom is 0.268 e. The number of nitrogens with zero attached hydrogens (tertiary/aromatic N) is 2. The topological polar surface area (TPSA) is 115 Å². The van der Waals surface area contributed by atoms with E-state index in [2.05, 4.69) is 27.4 Å². The van der Waals surface area contributed by atoms with Crippen molar-refractivity contribution >= 4 is 49.8 Å². The molecule has 0 radical (unpaired) electrons. The zero-order valence-electron chi connectivity index (χ0n) is 21.4. The molecule has 0 fully saturated rings. The number of fused-ring (bicyclic) bond motifs is 3. The van der Waals surface area contributed by atoms with Gasteiger partial charge in [0.05, 0.1) is 6.54 Å². The zero-order chi connectivity index (χ0) is 26.4. The number of likely N-dealkylation sites (N-methyl/N-ethyl adjacent to an activating group) is 1. The van der Waals surface area contributed by atoms with Gasteiger partial charge in [-0.05, 0) is 61.6 Å². The van der Waals surface area contributed by atoms with Crippen LogP contribution >= 0.6 is 11.3 Å². The lowest BCUT2D eigenvalue weighted by Crippen LogP contribution is -2.42. The molecule has 0 spiro atoms. The quantitative estimate of drug-likeness (QED) is 0.284. The Morgan fingerprint density at radius 3 is 2.73 bits per heavy atom. The summed E-state index contributed by atoms with van der Waals surface area (Å²) in [5, 5.41) is 8.29. The summed E-state index contributed by atoms with van der Waals surface area (Å²) in [6.07, 6.45) is 5.28. The van der Waals surface area contributed by atoms with Crippen LogP contribution in [0.25, 0.3) is 10.9 Å². The number of thiophene rings is 1. The number of amides is 2. The molecule has 200 valence electrons. The molecule has 37 heavy (non-hydrogen) atoms. The number of aromatic amines is 1. The van der Waals surface area contributed by atoms with Gasteiger partial charge in [0.2, 0.25) is 5.91 Å². The second-order valence-corrected chi connectivity index (χ2v) is 12.5. The summed E-state index contributed by atoms with van der Waals surface area (Å²) in [5.74, 6) is -0.542. The third kappa shape index (κ3) is 6.59. The monoisotopic (exact) mass is 545 g/mol. The molecule has 0 unspecified atom stereocenters. The molecule has 0 atom stereocenters. The number of aromatic nitrogens is 1. The summed E-state index contributed by atoms with van der Waals surface area (Å²) in [7, 11) is -1.82. The van der Waals surface area contributed by atoms with Gasteiger partial charge in [0.15, 0.2) is 0 Å². The van der Waals surface area contributed by atoms with E-state index < -0.39 is 15.9 Å². The molecule has 2 aromatic heterocycles. The lowest BCUT2D eigenvalue weighted by Gasteiger charge is -2.24. The first kappa shape index (κ1) is 27.3. The average molecular weight is 546 g/mol. The van der Waals surface area contributed by atoms with E-state index in [-0.39, 0.29) is 23.2 Å². The van der Waals surface area contributed by atoms with Crippen molar-refractivity contribution in [3.8, 4) is 0 Å². The van der Waals surface area contributed by atoms with Gasteiger partial charge < -0.3 is 20.5 Å². The van der Waals surface area contributed by atoms with Gasteiger partial charge in [-0.2, -0.15) is 4.31 Å². The maximum absolute atomic E-state index is 13.3. The SMILES string of the molecule is CCCCCCN(C)CCN(CC(=O)Nc1ccc2[nH]c3c(c2c1)CCNC3=O)S(=O)(=O)c1cccs1. The highest BCUT2D eigenvalue weighted by atomic mass is 32.2. The van der Waals surface area contributed by atoms with Gasteiger partial charge in [0.1, 0.15) is 9.90 Å². The Balaban J connectivity index is 1.45. The van der Waals surface area contributed by atoms with Crippen molar-refractivity contribution in [1.29, 1.82) is 0 Å². The molecule has 1 aliphatic rings. The molecule has 3 aromatic rings. The number of carbonyl (C=O) groups excluding carboxylic acids is 2. The largest absolute Gasteiger partial charge is 0.350 e. The van der Waals surface area contributed by atoms with Crippen LogP contribution in [-0.4, -0.2) is 74.2 Å². The van der Waals surface area contributed by atoms with Crippen LogP contribution in [0.15, 0.2) is 39.9 Å². The van der Waals surface area contributed by atoms with Gasteiger partial charge in [-0.15, -0.1) is 11.3 Å². The molecule has 3 heterocycles. The second kappa shape index (κ2) is 12.2. The standard InChI is InChI=1S/C26H35N5O4S2/c1-3-4-5-6-13-30(2)14-15-31(37(34,35)24-8-7-16-36-24)18-23(32)28-19-9-10-22-21(17-19)20-11-12-27-26(33)25(20)29-22/h7-10,16-17,29H,3-6,11-15,18H2,1-2H3,(H,27,33)(H,28,32). The minimum absolute atomic E-state index is 0.132. The zero-order valence-corrected chi connectivity index (χ0v) is 23.0. The number of hydrogen-bond acceptors (Lipinski definition) is 6. The van der Waals surface area contributed by atoms with Crippen molar-refractivity contribution in [1.82, 2.24) is 19.5 Å². The molecule has 4 rings (SSSR count). The van der Waals surface area contributed by atoms with Gasteiger partial charge in [-0.1, -0.05) is 32.3 Å². The van der Waals surface area contributed by atoms with Gasteiger partial charge >= 0.3 is 0 Å². The fourth-order valence-electron chi connectivity index (χ4n) is 4.55. The van der Waals surface area contributed by atoms with Crippen LogP contribution < -0.4 is 10.6 Å². The highest BCUT2D eigenvalue weighted by Crippen LogP contribution is 2.28. The molecule has 0 bridgehead atoms. The number of anilines is 1. The first-order valence-corrected chi connectivity index (χ1v) is 15.1. The molecule has 0 saturated carbocycles. The molecule has 0 saturated heterocycles. The fraction of sp³-hybridized carbons (Fsp3) is 0.462. The summed E-state index contributed by atoms with van der Waals surface area (Å²) >= 11 is 1.15. The summed E-state index contributed by atoms with van der Waals surface area (Å²) in [6.45, 7) is 4.10. The Morgan fingerprint density at radius 2 is 1.97 bits per heavy atom. The molecule has 9 nitrogen and oxygen atoms in total. The Morgan fingerprint density at radius 1 is 1.14 bits per heavy atom. The van der Waals surface area contributed by atoms with E-state index in [0.29, 0.717) is 30.9 Å². The first-order chi connectivity index (χ1) is 17.8. The predicted molar refractivity (Wildman–Crippen MR) is 148 cm³/mol. The molecule has 11 heteroatoms. The smallest absolute Gasteiger partial charge is 0.268 e. The van der Waals surface area contributed by atoms with E-state index in [4.69, 9.17) is 0 Å². The second-order valence-electron chi connectivity index (χ2n) is 9.43. The molecule has 3 N–H and O–H groups in total. The Kier molecular flexibility index (Phi) is 9.01.